The van der Waals surface area contributed by atoms with Gasteiger partial charge in [0.1, 0.15) is 12.4 Å². The molecule has 2 rings (SSSR count). The van der Waals surface area contributed by atoms with Crippen LogP contribution in [0.15, 0.2) is 54.6 Å². The highest BCUT2D eigenvalue weighted by atomic mass is 16.5. The van der Waals surface area contributed by atoms with Gasteiger partial charge in [-0.1, -0.05) is 48.6 Å². The second-order valence-electron chi connectivity index (χ2n) is 5.26. The summed E-state index contributed by atoms with van der Waals surface area (Å²) in [6, 6.07) is 13.5. The van der Waals surface area contributed by atoms with Crippen LogP contribution in [0.4, 0.5) is 4.79 Å². The van der Waals surface area contributed by atoms with Gasteiger partial charge in [0.25, 0.3) is 0 Å². The molecule has 0 aliphatic rings. The van der Waals surface area contributed by atoms with E-state index in [9.17, 15) is 14.7 Å². The van der Waals surface area contributed by atoms with Crippen molar-refractivity contribution in [2.75, 3.05) is 6.54 Å². The van der Waals surface area contributed by atoms with E-state index < -0.39 is 12.1 Å². The summed E-state index contributed by atoms with van der Waals surface area (Å²) >= 11 is 0. The Balaban J connectivity index is 1.71. The Kier molecular flexibility index (Phi) is 6.59. The zero-order chi connectivity index (χ0) is 18.1. The van der Waals surface area contributed by atoms with Crippen LogP contribution in [-0.2, 0) is 11.3 Å². The Labute approximate surface area is 145 Å². The first-order valence-corrected chi connectivity index (χ1v) is 7.73. The number of carboxylic acids is 1. The molecule has 0 atom stereocenters. The first kappa shape index (κ1) is 18.1. The van der Waals surface area contributed by atoms with Gasteiger partial charge in [-0.25, -0.2) is 9.59 Å². The average Bonchev–Trinajstić information content (AvgIpc) is 2.61. The molecule has 2 aromatic rings. The number of carbonyl (C=O) groups is 2. The third-order valence-electron chi connectivity index (χ3n) is 3.37. The van der Waals surface area contributed by atoms with Gasteiger partial charge in [-0.05, 0) is 24.1 Å². The number of aromatic hydroxyl groups is 1. The Hall–Kier alpha value is -3.28. The largest absolute Gasteiger partial charge is 0.507 e. The van der Waals surface area contributed by atoms with Gasteiger partial charge in [0.2, 0.25) is 0 Å². The molecule has 2 aromatic carbocycles. The number of phenolic OH excluding ortho intramolecular Hbond substituents is 1. The van der Waals surface area contributed by atoms with Crippen molar-refractivity contribution in [2.24, 2.45) is 0 Å². The highest BCUT2D eigenvalue weighted by Crippen LogP contribution is 2.20. The van der Waals surface area contributed by atoms with Gasteiger partial charge in [0, 0.05) is 12.1 Å². The Morgan fingerprint density at radius 1 is 1.12 bits per heavy atom. The highest BCUT2D eigenvalue weighted by Gasteiger charge is 2.05. The molecule has 1 amide bonds. The van der Waals surface area contributed by atoms with Crippen LogP contribution in [0.5, 0.6) is 5.75 Å². The maximum atomic E-state index is 11.6. The zero-order valence-corrected chi connectivity index (χ0v) is 13.5. The zero-order valence-electron chi connectivity index (χ0n) is 13.5. The van der Waals surface area contributed by atoms with Crippen LogP contribution >= 0.6 is 0 Å². The number of amides is 1. The number of alkyl carbamates (subject to hydrolysis) is 1. The lowest BCUT2D eigenvalue weighted by molar-refractivity contribution is 0.0696. The number of ether oxygens (including phenoxy) is 1. The van der Waals surface area contributed by atoms with Crippen molar-refractivity contribution in [1.29, 1.82) is 0 Å². The molecule has 0 unspecified atom stereocenters. The SMILES string of the molecule is O=C(NCCC=Cc1ccc(C(=O)O)cc1O)OCc1ccccc1. The van der Waals surface area contributed by atoms with E-state index in [-0.39, 0.29) is 17.9 Å². The van der Waals surface area contributed by atoms with Gasteiger partial charge < -0.3 is 20.3 Å². The van der Waals surface area contributed by atoms with Crippen LogP contribution in [0.25, 0.3) is 6.08 Å². The lowest BCUT2D eigenvalue weighted by Crippen LogP contribution is -2.24. The van der Waals surface area contributed by atoms with Crippen LogP contribution in [0.1, 0.15) is 27.9 Å². The fourth-order valence-corrected chi connectivity index (χ4v) is 2.06. The summed E-state index contributed by atoms with van der Waals surface area (Å²) in [4.78, 5) is 22.3. The van der Waals surface area contributed by atoms with E-state index in [4.69, 9.17) is 9.84 Å². The first-order valence-electron chi connectivity index (χ1n) is 7.73. The summed E-state index contributed by atoms with van der Waals surface area (Å²) in [7, 11) is 0. The summed E-state index contributed by atoms with van der Waals surface area (Å²) < 4.78 is 5.08. The third-order valence-corrected chi connectivity index (χ3v) is 3.37. The molecule has 6 nitrogen and oxygen atoms in total. The smallest absolute Gasteiger partial charge is 0.407 e. The molecule has 0 fully saturated rings. The number of phenols is 1. The molecule has 25 heavy (non-hydrogen) atoms. The average molecular weight is 341 g/mol. The van der Waals surface area contributed by atoms with Gasteiger partial charge in [0.15, 0.2) is 0 Å². The molecule has 0 aromatic heterocycles. The van der Waals surface area contributed by atoms with E-state index in [1.807, 2.05) is 30.3 Å². The topological polar surface area (TPSA) is 95.9 Å². The number of aromatic carboxylic acids is 1. The van der Waals surface area contributed by atoms with Gasteiger partial charge in [0.05, 0.1) is 5.56 Å². The first-order chi connectivity index (χ1) is 12.1. The van der Waals surface area contributed by atoms with E-state index in [1.165, 1.54) is 18.2 Å². The normalized spacial score (nSPS) is 10.6. The summed E-state index contributed by atoms with van der Waals surface area (Å²) in [5, 5.41) is 21.2. The third kappa shape index (κ3) is 6.02. The minimum absolute atomic E-state index is 0.0254. The van der Waals surface area contributed by atoms with Crippen molar-refractivity contribution in [2.45, 2.75) is 13.0 Å². The lowest BCUT2D eigenvalue weighted by Gasteiger charge is -2.06. The maximum Gasteiger partial charge on any atom is 0.407 e. The van der Waals surface area contributed by atoms with Crippen molar-refractivity contribution in [3.8, 4) is 5.75 Å². The van der Waals surface area contributed by atoms with Crippen LogP contribution in [0, 0.1) is 0 Å². The standard InChI is InChI=1S/C19H19NO5/c21-17-12-16(18(22)23)10-9-15(17)8-4-5-11-20-19(24)25-13-14-6-2-1-3-7-14/h1-4,6-10,12,21H,5,11,13H2,(H,20,24)(H,22,23). The summed E-state index contributed by atoms with van der Waals surface area (Å²) in [6.07, 6.45) is 3.48. The maximum absolute atomic E-state index is 11.6. The Morgan fingerprint density at radius 3 is 2.56 bits per heavy atom. The second kappa shape index (κ2) is 9.12. The van der Waals surface area contributed by atoms with Crippen LogP contribution in [0.3, 0.4) is 0 Å². The second-order valence-corrected chi connectivity index (χ2v) is 5.26. The molecule has 0 heterocycles. The van der Waals surface area contributed by atoms with Gasteiger partial charge >= 0.3 is 12.1 Å². The lowest BCUT2D eigenvalue weighted by atomic mass is 10.1. The minimum Gasteiger partial charge on any atom is -0.507 e. The molecule has 0 bridgehead atoms. The fourth-order valence-electron chi connectivity index (χ4n) is 2.06. The molecule has 0 aliphatic heterocycles. The van der Waals surface area contributed by atoms with Crippen molar-refractivity contribution >= 4 is 18.1 Å². The predicted molar refractivity (Wildman–Crippen MR) is 93.3 cm³/mol. The molecule has 6 heteroatoms. The Bertz CT molecular complexity index is 756. The predicted octanol–water partition coefficient (Wildman–Crippen LogP) is 3.42. The van der Waals surface area contributed by atoms with Crippen LogP contribution in [0.2, 0.25) is 0 Å². The van der Waals surface area contributed by atoms with E-state index in [1.54, 1.807) is 12.2 Å². The minimum atomic E-state index is -1.09. The van der Waals surface area contributed by atoms with Crippen molar-refractivity contribution in [1.82, 2.24) is 5.32 Å². The quantitative estimate of drug-likeness (QED) is 0.671. The summed E-state index contributed by atoms with van der Waals surface area (Å²) in [5.41, 5.74) is 1.45. The van der Waals surface area contributed by atoms with Gasteiger partial charge in [-0.3, -0.25) is 0 Å². The molecule has 130 valence electrons. The van der Waals surface area contributed by atoms with Crippen LogP contribution < -0.4 is 5.32 Å². The number of hydrogen-bond acceptors (Lipinski definition) is 4. The molecule has 0 spiro atoms. The van der Waals surface area contributed by atoms with E-state index >= 15 is 0 Å². The van der Waals surface area contributed by atoms with Crippen LogP contribution in [-0.4, -0.2) is 28.8 Å². The van der Waals surface area contributed by atoms with E-state index in [2.05, 4.69) is 5.32 Å². The van der Waals surface area contributed by atoms with Gasteiger partial charge in [-0.2, -0.15) is 0 Å². The molecule has 0 saturated heterocycles. The molecule has 0 aliphatic carbocycles. The number of hydrogen-bond donors (Lipinski definition) is 3. The number of rotatable bonds is 7. The molecular weight excluding hydrogens is 322 g/mol. The number of nitrogens with one attached hydrogen (secondary N) is 1. The number of carboxylic acid groups (broad SMARTS) is 1. The summed E-state index contributed by atoms with van der Waals surface area (Å²) in [5.74, 6) is -1.20. The van der Waals surface area contributed by atoms with Crippen molar-refractivity contribution < 1.29 is 24.5 Å². The van der Waals surface area contributed by atoms with E-state index in [0.717, 1.165) is 5.56 Å². The molecule has 0 saturated carbocycles. The monoisotopic (exact) mass is 341 g/mol. The fraction of sp³-hybridized carbons (Fsp3) is 0.158. The summed E-state index contributed by atoms with van der Waals surface area (Å²) in [6.45, 7) is 0.602. The van der Waals surface area contributed by atoms with E-state index in [0.29, 0.717) is 18.5 Å². The number of carbonyl (C=O) groups excluding carboxylic acids is 1. The molecule has 3 N–H and O–H groups in total. The Morgan fingerprint density at radius 2 is 1.88 bits per heavy atom. The molecular formula is C19H19NO5. The molecule has 0 radical (unpaired) electrons. The van der Waals surface area contributed by atoms with Crippen molar-refractivity contribution in [3.63, 3.8) is 0 Å². The van der Waals surface area contributed by atoms with Gasteiger partial charge in [-0.15, -0.1) is 0 Å². The van der Waals surface area contributed by atoms with Crippen molar-refractivity contribution in [3.05, 3.63) is 71.3 Å². The number of benzene rings is 2. The highest BCUT2D eigenvalue weighted by molar-refractivity contribution is 5.88.